The first-order valence-electron chi connectivity index (χ1n) is 11.3. The zero-order valence-corrected chi connectivity index (χ0v) is 22.6. The molecule has 0 spiro atoms. The Morgan fingerprint density at radius 2 is 1.91 bits per heavy atom. The number of halogens is 2. The molecule has 0 bridgehead atoms. The van der Waals surface area contributed by atoms with Gasteiger partial charge in [0.25, 0.3) is 0 Å². The third-order valence-electron chi connectivity index (χ3n) is 5.50. The zero-order chi connectivity index (χ0) is 23.8. The normalized spacial score (nSPS) is 14.6. The Hall–Kier alpha value is -1.64. The van der Waals surface area contributed by atoms with Gasteiger partial charge in [-0.1, -0.05) is 30.3 Å². The van der Waals surface area contributed by atoms with Gasteiger partial charge in [0.2, 0.25) is 5.91 Å². The van der Waals surface area contributed by atoms with Crippen LogP contribution in [0.5, 0.6) is 11.5 Å². The van der Waals surface area contributed by atoms with E-state index in [4.69, 9.17) is 25.8 Å². The van der Waals surface area contributed by atoms with Gasteiger partial charge in [0.15, 0.2) is 0 Å². The van der Waals surface area contributed by atoms with Crippen LogP contribution in [0.4, 0.5) is 5.69 Å². The number of anilines is 1. The molecule has 0 saturated carbocycles. The van der Waals surface area contributed by atoms with Crippen molar-refractivity contribution in [1.29, 1.82) is 0 Å². The largest absolute Gasteiger partial charge is 0.497 e. The number of thioether (sulfide) groups is 1. The second kappa shape index (κ2) is 14.0. The lowest BCUT2D eigenvalue weighted by atomic mass is 10.1. The van der Waals surface area contributed by atoms with E-state index in [1.807, 2.05) is 36.4 Å². The molecule has 0 aromatic heterocycles. The van der Waals surface area contributed by atoms with E-state index in [1.54, 1.807) is 37.8 Å². The first-order valence-corrected chi connectivity index (χ1v) is 12.5. The summed E-state index contributed by atoms with van der Waals surface area (Å²) < 4.78 is 16.9. The molecule has 188 valence electrons. The SMILES string of the molecule is CCCN(CCCOc1ccc(OC)cc1C1Sc2cc(Cl)ccc2N1C(C)=O)CCOC.Cl. The summed E-state index contributed by atoms with van der Waals surface area (Å²) in [7, 11) is 3.37. The summed E-state index contributed by atoms with van der Waals surface area (Å²) in [4.78, 5) is 17.8. The van der Waals surface area contributed by atoms with Crippen molar-refractivity contribution in [2.24, 2.45) is 0 Å². The van der Waals surface area contributed by atoms with Crippen molar-refractivity contribution in [2.45, 2.75) is 37.0 Å². The highest BCUT2D eigenvalue weighted by atomic mass is 35.5. The molecular formula is C25H34Cl2N2O4S. The number of rotatable bonds is 12. The number of amides is 1. The molecule has 1 atom stereocenters. The van der Waals surface area contributed by atoms with Crippen LogP contribution < -0.4 is 14.4 Å². The van der Waals surface area contributed by atoms with Gasteiger partial charge in [-0.05, 0) is 55.8 Å². The average molecular weight is 530 g/mol. The molecule has 0 saturated heterocycles. The molecule has 0 radical (unpaired) electrons. The molecule has 3 rings (SSSR count). The summed E-state index contributed by atoms with van der Waals surface area (Å²) in [5.74, 6) is 1.46. The second-order valence-electron chi connectivity index (χ2n) is 7.91. The highest BCUT2D eigenvalue weighted by molar-refractivity contribution is 8.00. The number of methoxy groups -OCH3 is 2. The molecule has 6 nitrogen and oxygen atoms in total. The standard InChI is InChI=1S/C25H33ClN2O4S.ClH/c1-5-11-27(13-15-30-3)12-6-14-32-23-10-8-20(31-4)17-21(23)25-28(18(2)29)22-9-7-19(26)16-24(22)33-25;/h7-10,16-17,25H,5-6,11-15H2,1-4H3;1H. The Morgan fingerprint density at radius 1 is 1.12 bits per heavy atom. The molecule has 0 N–H and O–H groups in total. The summed E-state index contributed by atoms with van der Waals surface area (Å²) in [6.07, 6.45) is 2.01. The third kappa shape index (κ3) is 7.18. The highest BCUT2D eigenvalue weighted by Gasteiger charge is 2.36. The number of benzene rings is 2. The maximum atomic E-state index is 12.6. The summed E-state index contributed by atoms with van der Waals surface area (Å²) in [6, 6.07) is 11.4. The average Bonchev–Trinajstić information content (AvgIpc) is 3.18. The van der Waals surface area contributed by atoms with E-state index in [0.29, 0.717) is 11.6 Å². The topological polar surface area (TPSA) is 51.2 Å². The number of nitrogens with zero attached hydrogens (tertiary/aromatic N) is 2. The monoisotopic (exact) mass is 528 g/mol. The van der Waals surface area contributed by atoms with Crippen LogP contribution in [0, 0.1) is 0 Å². The van der Waals surface area contributed by atoms with Gasteiger partial charge in [0.1, 0.15) is 16.9 Å². The molecule has 34 heavy (non-hydrogen) atoms. The Bertz CT molecular complexity index is 947. The van der Waals surface area contributed by atoms with Gasteiger partial charge in [0.05, 0.1) is 26.0 Å². The van der Waals surface area contributed by atoms with E-state index in [1.165, 1.54) is 0 Å². The van der Waals surface area contributed by atoms with E-state index >= 15 is 0 Å². The van der Waals surface area contributed by atoms with Gasteiger partial charge in [-0.25, -0.2) is 0 Å². The van der Waals surface area contributed by atoms with Gasteiger partial charge >= 0.3 is 0 Å². The molecule has 1 amide bonds. The van der Waals surface area contributed by atoms with Crippen molar-refractivity contribution in [1.82, 2.24) is 4.90 Å². The number of carbonyl (C=O) groups is 1. The molecule has 2 aromatic rings. The summed E-state index contributed by atoms with van der Waals surface area (Å²) in [5, 5.41) is 0.400. The maximum Gasteiger partial charge on any atom is 0.225 e. The minimum absolute atomic E-state index is 0. The molecular weight excluding hydrogens is 495 g/mol. The quantitative estimate of drug-likeness (QED) is 0.312. The van der Waals surface area contributed by atoms with Crippen LogP contribution in [0.15, 0.2) is 41.3 Å². The second-order valence-corrected chi connectivity index (χ2v) is 9.47. The van der Waals surface area contributed by atoms with Gasteiger partial charge < -0.3 is 19.1 Å². The van der Waals surface area contributed by atoms with E-state index in [9.17, 15) is 4.79 Å². The van der Waals surface area contributed by atoms with Gasteiger partial charge in [-0.15, -0.1) is 12.4 Å². The van der Waals surface area contributed by atoms with Crippen LogP contribution in [0.3, 0.4) is 0 Å². The van der Waals surface area contributed by atoms with Crippen molar-refractivity contribution in [3.63, 3.8) is 0 Å². The fourth-order valence-electron chi connectivity index (χ4n) is 3.94. The van der Waals surface area contributed by atoms with Crippen molar-refractivity contribution < 1.29 is 19.0 Å². The Balaban J connectivity index is 0.00000408. The van der Waals surface area contributed by atoms with E-state index < -0.39 is 0 Å². The summed E-state index contributed by atoms with van der Waals surface area (Å²) in [6.45, 7) is 8.00. The molecule has 1 unspecified atom stereocenters. The van der Waals surface area contributed by atoms with Crippen LogP contribution >= 0.6 is 35.8 Å². The van der Waals surface area contributed by atoms with Gasteiger partial charge in [0, 0.05) is 42.6 Å². The third-order valence-corrected chi connectivity index (χ3v) is 7.01. The van der Waals surface area contributed by atoms with Crippen LogP contribution in [-0.4, -0.2) is 57.9 Å². The zero-order valence-electron chi connectivity index (χ0n) is 20.2. The van der Waals surface area contributed by atoms with Crippen LogP contribution in [0.25, 0.3) is 0 Å². The van der Waals surface area contributed by atoms with Crippen molar-refractivity contribution in [2.75, 3.05) is 52.0 Å². The van der Waals surface area contributed by atoms with Crippen molar-refractivity contribution in [3.05, 3.63) is 47.0 Å². The Kier molecular flexibility index (Phi) is 11.8. The van der Waals surface area contributed by atoms with Gasteiger partial charge in [-0.2, -0.15) is 0 Å². The summed E-state index contributed by atoms with van der Waals surface area (Å²) in [5.41, 5.74) is 1.77. The molecule has 0 fully saturated rings. The minimum atomic E-state index is -0.251. The minimum Gasteiger partial charge on any atom is -0.497 e. The lowest BCUT2D eigenvalue weighted by Gasteiger charge is -2.26. The van der Waals surface area contributed by atoms with Crippen LogP contribution in [0.2, 0.25) is 5.02 Å². The number of ether oxygens (including phenoxy) is 3. The number of fused-ring (bicyclic) bond motifs is 1. The number of hydrogen-bond acceptors (Lipinski definition) is 6. The van der Waals surface area contributed by atoms with Crippen LogP contribution in [0.1, 0.15) is 37.6 Å². The first kappa shape index (κ1) is 28.6. The Labute approximate surface area is 218 Å². The number of carbonyl (C=O) groups excluding carboxylic acids is 1. The predicted octanol–water partition coefficient (Wildman–Crippen LogP) is 6.06. The van der Waals surface area contributed by atoms with E-state index in [2.05, 4.69) is 11.8 Å². The maximum absolute atomic E-state index is 12.6. The highest BCUT2D eigenvalue weighted by Crippen LogP contribution is 2.54. The van der Waals surface area contributed by atoms with Crippen molar-refractivity contribution >= 4 is 47.4 Å². The molecule has 1 heterocycles. The molecule has 2 aromatic carbocycles. The lowest BCUT2D eigenvalue weighted by Crippen LogP contribution is -2.30. The summed E-state index contributed by atoms with van der Waals surface area (Å²) >= 11 is 7.81. The number of hydrogen-bond donors (Lipinski definition) is 0. The van der Waals surface area contributed by atoms with Crippen LogP contribution in [-0.2, 0) is 9.53 Å². The molecule has 0 aliphatic carbocycles. The van der Waals surface area contributed by atoms with Crippen molar-refractivity contribution in [3.8, 4) is 11.5 Å². The molecule has 1 aliphatic rings. The predicted molar refractivity (Wildman–Crippen MR) is 142 cm³/mol. The lowest BCUT2D eigenvalue weighted by molar-refractivity contribution is -0.116. The van der Waals surface area contributed by atoms with Gasteiger partial charge in [-0.3, -0.25) is 9.69 Å². The molecule has 9 heteroatoms. The smallest absolute Gasteiger partial charge is 0.225 e. The van der Waals surface area contributed by atoms with E-state index in [-0.39, 0.29) is 23.7 Å². The van der Waals surface area contributed by atoms with E-state index in [0.717, 1.165) is 66.7 Å². The first-order chi connectivity index (χ1) is 16.0. The Morgan fingerprint density at radius 3 is 2.59 bits per heavy atom. The molecule has 1 aliphatic heterocycles. The fourth-order valence-corrected chi connectivity index (χ4v) is 5.58. The fraction of sp³-hybridized carbons (Fsp3) is 0.480.